The lowest BCUT2D eigenvalue weighted by Gasteiger charge is -2.22. The molecule has 1 N–H and O–H groups in total. The Balaban J connectivity index is 1.91. The molecule has 0 saturated heterocycles. The van der Waals surface area contributed by atoms with Crippen LogP contribution in [0.1, 0.15) is 56.9 Å². The second-order valence-electron chi connectivity index (χ2n) is 6.00. The van der Waals surface area contributed by atoms with Crippen LogP contribution in [0.4, 0.5) is 0 Å². The normalized spacial score (nSPS) is 16.6. The Bertz CT molecular complexity index is 773. The van der Waals surface area contributed by atoms with E-state index in [1.807, 2.05) is 24.3 Å². The van der Waals surface area contributed by atoms with Crippen molar-refractivity contribution in [1.82, 2.24) is 4.98 Å². The number of nitrogens with one attached hydrogen (secondary N) is 1. The molecule has 5 heteroatoms. The number of benzene rings is 1. The molecule has 126 valence electrons. The molecule has 1 atom stereocenters. The summed E-state index contributed by atoms with van der Waals surface area (Å²) < 4.78 is 10.2. The molecular weight excluding hydrogens is 306 g/mol. The highest BCUT2D eigenvalue weighted by Crippen LogP contribution is 2.35. The molecule has 5 nitrogen and oxygen atoms in total. The first-order valence-electron chi connectivity index (χ1n) is 8.10. The topological polar surface area (TPSA) is 68.4 Å². The maximum Gasteiger partial charge on any atom is 0.355 e. The number of hydrogen-bond acceptors (Lipinski definition) is 4. The van der Waals surface area contributed by atoms with E-state index >= 15 is 0 Å². The van der Waals surface area contributed by atoms with Crippen molar-refractivity contribution in [2.45, 2.75) is 32.6 Å². The van der Waals surface area contributed by atoms with Crippen LogP contribution in [0.2, 0.25) is 0 Å². The van der Waals surface area contributed by atoms with Crippen LogP contribution < -0.4 is 4.74 Å². The lowest BCUT2D eigenvalue weighted by atomic mass is 9.81. The third-order valence-corrected chi connectivity index (χ3v) is 4.56. The average molecular weight is 327 g/mol. The van der Waals surface area contributed by atoms with Crippen molar-refractivity contribution >= 4 is 11.8 Å². The minimum Gasteiger partial charge on any atom is -0.497 e. The molecule has 3 rings (SSSR count). The fraction of sp³-hybridized carbons (Fsp3) is 0.368. The van der Waals surface area contributed by atoms with E-state index in [0.29, 0.717) is 36.3 Å². The third kappa shape index (κ3) is 2.82. The van der Waals surface area contributed by atoms with Gasteiger partial charge in [-0.2, -0.15) is 0 Å². The Morgan fingerprint density at radius 1 is 1.25 bits per heavy atom. The van der Waals surface area contributed by atoms with E-state index < -0.39 is 5.97 Å². The number of methoxy groups -OCH3 is 1. The van der Waals surface area contributed by atoms with Gasteiger partial charge in [-0.25, -0.2) is 4.79 Å². The molecule has 1 aromatic carbocycles. The number of esters is 1. The summed E-state index contributed by atoms with van der Waals surface area (Å²) in [6.45, 7) is 3.87. The van der Waals surface area contributed by atoms with Gasteiger partial charge in [0.2, 0.25) is 0 Å². The van der Waals surface area contributed by atoms with E-state index in [4.69, 9.17) is 9.47 Å². The summed E-state index contributed by atoms with van der Waals surface area (Å²) in [6.07, 6.45) is 1.15. The Hall–Kier alpha value is -2.56. The zero-order chi connectivity index (χ0) is 17.3. The van der Waals surface area contributed by atoms with Crippen molar-refractivity contribution in [3.63, 3.8) is 0 Å². The van der Waals surface area contributed by atoms with E-state index in [2.05, 4.69) is 4.98 Å². The van der Waals surface area contributed by atoms with Crippen molar-refractivity contribution in [3.8, 4) is 5.75 Å². The minimum atomic E-state index is -0.404. The molecule has 0 fully saturated rings. The molecule has 0 aliphatic heterocycles. The highest BCUT2D eigenvalue weighted by atomic mass is 16.5. The summed E-state index contributed by atoms with van der Waals surface area (Å²) in [7, 11) is 1.63. The van der Waals surface area contributed by atoms with Gasteiger partial charge >= 0.3 is 5.97 Å². The van der Waals surface area contributed by atoms with Gasteiger partial charge in [-0.1, -0.05) is 12.1 Å². The zero-order valence-electron chi connectivity index (χ0n) is 14.1. The lowest BCUT2D eigenvalue weighted by molar-refractivity contribution is 0.0519. The van der Waals surface area contributed by atoms with Gasteiger partial charge in [0, 0.05) is 17.7 Å². The van der Waals surface area contributed by atoms with Gasteiger partial charge in [0.15, 0.2) is 5.78 Å². The van der Waals surface area contributed by atoms with E-state index in [0.717, 1.165) is 17.0 Å². The zero-order valence-corrected chi connectivity index (χ0v) is 14.1. The van der Waals surface area contributed by atoms with Crippen molar-refractivity contribution in [1.29, 1.82) is 0 Å². The number of H-pyrrole nitrogens is 1. The van der Waals surface area contributed by atoms with Gasteiger partial charge in [0.25, 0.3) is 0 Å². The van der Waals surface area contributed by atoms with Crippen LogP contribution >= 0.6 is 0 Å². The number of ketones is 1. The molecule has 1 aliphatic rings. The molecule has 0 radical (unpaired) electrons. The van der Waals surface area contributed by atoms with Gasteiger partial charge in [0.05, 0.1) is 13.7 Å². The largest absolute Gasteiger partial charge is 0.497 e. The van der Waals surface area contributed by atoms with Crippen LogP contribution in [-0.2, 0) is 11.2 Å². The molecule has 1 heterocycles. The first kappa shape index (κ1) is 16.3. The molecule has 1 aliphatic carbocycles. The van der Waals surface area contributed by atoms with E-state index in [1.165, 1.54) is 0 Å². The fourth-order valence-electron chi connectivity index (χ4n) is 3.35. The Labute approximate surface area is 141 Å². The van der Waals surface area contributed by atoms with E-state index in [-0.39, 0.29) is 11.7 Å². The van der Waals surface area contributed by atoms with Crippen molar-refractivity contribution in [3.05, 3.63) is 52.3 Å². The number of carbonyl (C=O) groups is 2. The second kappa shape index (κ2) is 6.51. The molecule has 0 amide bonds. The summed E-state index contributed by atoms with van der Waals surface area (Å²) in [5.41, 5.74) is 3.67. The van der Waals surface area contributed by atoms with Gasteiger partial charge in [-0.3, -0.25) is 4.79 Å². The van der Waals surface area contributed by atoms with Crippen molar-refractivity contribution in [2.75, 3.05) is 13.7 Å². The van der Waals surface area contributed by atoms with Crippen LogP contribution in [0.15, 0.2) is 24.3 Å². The van der Waals surface area contributed by atoms with Gasteiger partial charge in [0.1, 0.15) is 11.4 Å². The van der Waals surface area contributed by atoms with Gasteiger partial charge in [-0.05, 0) is 49.4 Å². The van der Waals surface area contributed by atoms with Crippen LogP contribution in [-0.4, -0.2) is 30.5 Å². The lowest BCUT2D eigenvalue weighted by Crippen LogP contribution is -2.18. The molecule has 24 heavy (non-hydrogen) atoms. The fourth-order valence-corrected chi connectivity index (χ4v) is 3.35. The molecule has 0 saturated carbocycles. The smallest absolute Gasteiger partial charge is 0.355 e. The van der Waals surface area contributed by atoms with Crippen LogP contribution in [0.3, 0.4) is 0 Å². The first-order valence-corrected chi connectivity index (χ1v) is 8.10. The molecule has 2 aromatic rings. The molecule has 0 spiro atoms. The summed E-state index contributed by atoms with van der Waals surface area (Å²) in [5.74, 6) is 0.561. The number of ether oxygens (including phenoxy) is 2. The highest BCUT2D eigenvalue weighted by Gasteiger charge is 2.32. The molecule has 1 unspecified atom stereocenters. The summed E-state index contributed by atoms with van der Waals surface area (Å²) in [5, 5.41) is 0. The number of carbonyl (C=O) groups excluding carboxylic acids is 2. The minimum absolute atomic E-state index is 0.0707. The Morgan fingerprint density at radius 3 is 2.58 bits per heavy atom. The standard InChI is InChI=1S/C19H21NO4/c1-4-24-19(22)18-11(2)17-15(20-18)9-13(10-16(17)21)12-5-7-14(23-3)8-6-12/h5-8,13,20H,4,9-10H2,1-3H3. The molecule has 0 bridgehead atoms. The number of aromatic amines is 1. The maximum atomic E-state index is 12.6. The summed E-state index contributed by atoms with van der Waals surface area (Å²) in [4.78, 5) is 27.8. The highest BCUT2D eigenvalue weighted by molar-refractivity contribution is 6.03. The quantitative estimate of drug-likeness (QED) is 0.874. The first-order chi connectivity index (χ1) is 11.5. The molecular formula is C19H21NO4. The van der Waals surface area contributed by atoms with Crippen LogP contribution in [0.25, 0.3) is 0 Å². The third-order valence-electron chi connectivity index (χ3n) is 4.56. The average Bonchev–Trinajstić information content (AvgIpc) is 2.92. The van der Waals surface area contributed by atoms with Crippen molar-refractivity contribution in [2.24, 2.45) is 0 Å². The monoisotopic (exact) mass is 327 g/mol. The number of fused-ring (bicyclic) bond motifs is 1. The predicted molar refractivity (Wildman–Crippen MR) is 89.9 cm³/mol. The maximum absolute atomic E-state index is 12.6. The van der Waals surface area contributed by atoms with E-state index in [1.54, 1.807) is 21.0 Å². The Kier molecular flexibility index (Phi) is 4.42. The number of hydrogen-bond donors (Lipinski definition) is 1. The number of Topliss-reactive ketones (excluding diaryl/α,β-unsaturated/α-hetero) is 1. The SMILES string of the molecule is CCOC(=O)c1[nH]c2c(c1C)C(=O)CC(c1ccc(OC)cc1)C2. The van der Waals surface area contributed by atoms with Crippen LogP contribution in [0.5, 0.6) is 5.75 Å². The second-order valence-corrected chi connectivity index (χ2v) is 6.00. The Morgan fingerprint density at radius 2 is 1.96 bits per heavy atom. The number of rotatable bonds is 4. The van der Waals surface area contributed by atoms with Gasteiger partial charge in [-0.15, -0.1) is 0 Å². The van der Waals surface area contributed by atoms with Crippen molar-refractivity contribution < 1.29 is 19.1 Å². The predicted octanol–water partition coefficient (Wildman–Crippen LogP) is 3.42. The summed E-state index contributed by atoms with van der Waals surface area (Å²) in [6, 6.07) is 7.78. The number of aromatic nitrogens is 1. The van der Waals surface area contributed by atoms with E-state index in [9.17, 15) is 9.59 Å². The molecule has 1 aromatic heterocycles. The summed E-state index contributed by atoms with van der Waals surface area (Å²) >= 11 is 0. The van der Waals surface area contributed by atoms with Crippen LogP contribution in [0, 0.1) is 6.92 Å². The van der Waals surface area contributed by atoms with Gasteiger partial charge < -0.3 is 14.5 Å².